The standard InChI is InChI=1S/C19H18O8/c1-5-6-10-8-13(20)16(19(23)27-10)17(21)15-12(18(22)26-4)7-11(24-2)9-14(15)25-3/h5-9,20H,1-4H3. The zero-order valence-corrected chi connectivity index (χ0v) is 15.2. The number of carbonyl (C=O) groups excluding carboxylic acids is 2. The summed E-state index contributed by atoms with van der Waals surface area (Å²) in [5.41, 5.74) is -2.12. The van der Waals surface area contributed by atoms with E-state index in [9.17, 15) is 19.5 Å². The van der Waals surface area contributed by atoms with Gasteiger partial charge in [-0.05, 0) is 19.1 Å². The Hall–Kier alpha value is -3.55. The zero-order valence-electron chi connectivity index (χ0n) is 15.2. The number of ketones is 1. The van der Waals surface area contributed by atoms with Crippen LogP contribution in [0.25, 0.3) is 6.08 Å². The van der Waals surface area contributed by atoms with Gasteiger partial charge >= 0.3 is 11.6 Å². The molecule has 8 nitrogen and oxygen atoms in total. The van der Waals surface area contributed by atoms with Crippen LogP contribution in [0.3, 0.4) is 0 Å². The molecule has 27 heavy (non-hydrogen) atoms. The van der Waals surface area contributed by atoms with E-state index in [1.807, 2.05) is 0 Å². The summed E-state index contributed by atoms with van der Waals surface area (Å²) in [6.07, 6.45) is 3.05. The largest absolute Gasteiger partial charge is 0.507 e. The van der Waals surface area contributed by atoms with Crippen molar-refractivity contribution in [2.24, 2.45) is 0 Å². The van der Waals surface area contributed by atoms with Gasteiger partial charge < -0.3 is 23.7 Å². The van der Waals surface area contributed by atoms with Crippen molar-refractivity contribution in [3.8, 4) is 17.2 Å². The Morgan fingerprint density at radius 1 is 1.07 bits per heavy atom. The highest BCUT2D eigenvalue weighted by atomic mass is 16.5. The smallest absolute Gasteiger partial charge is 0.351 e. The number of esters is 1. The molecule has 0 fully saturated rings. The highest BCUT2D eigenvalue weighted by Crippen LogP contribution is 2.32. The lowest BCUT2D eigenvalue weighted by Gasteiger charge is -2.14. The molecule has 1 heterocycles. The zero-order chi connectivity index (χ0) is 20.1. The van der Waals surface area contributed by atoms with Gasteiger partial charge in [0.15, 0.2) is 0 Å². The van der Waals surface area contributed by atoms with Crippen LogP contribution >= 0.6 is 0 Å². The summed E-state index contributed by atoms with van der Waals surface area (Å²) >= 11 is 0. The van der Waals surface area contributed by atoms with Crippen molar-refractivity contribution in [3.63, 3.8) is 0 Å². The van der Waals surface area contributed by atoms with Crippen LogP contribution in [0.4, 0.5) is 0 Å². The summed E-state index contributed by atoms with van der Waals surface area (Å²) in [6.45, 7) is 1.70. The van der Waals surface area contributed by atoms with Crippen LogP contribution < -0.4 is 15.1 Å². The SMILES string of the molecule is CC=Cc1cc(O)c(C(=O)c2c(OC)cc(OC)cc2C(=O)OC)c(=O)o1. The second kappa shape index (κ2) is 8.22. The van der Waals surface area contributed by atoms with Crippen molar-refractivity contribution in [1.82, 2.24) is 0 Å². The van der Waals surface area contributed by atoms with Gasteiger partial charge in [0.2, 0.25) is 5.78 Å². The molecule has 142 valence electrons. The molecule has 0 aliphatic carbocycles. The molecule has 0 spiro atoms. The molecular weight excluding hydrogens is 356 g/mol. The quantitative estimate of drug-likeness (QED) is 0.606. The molecule has 0 bridgehead atoms. The Kier molecular flexibility index (Phi) is 6.02. The van der Waals surface area contributed by atoms with E-state index in [1.54, 1.807) is 13.0 Å². The number of benzene rings is 1. The van der Waals surface area contributed by atoms with Crippen LogP contribution in [0.1, 0.15) is 39.0 Å². The van der Waals surface area contributed by atoms with Gasteiger partial charge in [-0.15, -0.1) is 0 Å². The third kappa shape index (κ3) is 3.84. The van der Waals surface area contributed by atoms with Gasteiger partial charge in [0.1, 0.15) is 28.6 Å². The first-order valence-corrected chi connectivity index (χ1v) is 7.76. The Balaban J connectivity index is 2.76. The van der Waals surface area contributed by atoms with E-state index in [2.05, 4.69) is 0 Å². The van der Waals surface area contributed by atoms with E-state index in [0.717, 1.165) is 13.2 Å². The number of methoxy groups -OCH3 is 3. The van der Waals surface area contributed by atoms with Crippen LogP contribution in [0.15, 0.2) is 33.5 Å². The van der Waals surface area contributed by atoms with Crippen molar-refractivity contribution in [2.45, 2.75) is 6.92 Å². The normalized spacial score (nSPS) is 10.7. The van der Waals surface area contributed by atoms with E-state index >= 15 is 0 Å². The summed E-state index contributed by atoms with van der Waals surface area (Å²) in [7, 11) is 3.79. The molecule has 1 N–H and O–H groups in total. The summed E-state index contributed by atoms with van der Waals surface area (Å²) in [4.78, 5) is 37.4. The van der Waals surface area contributed by atoms with Crippen molar-refractivity contribution >= 4 is 17.8 Å². The van der Waals surface area contributed by atoms with Gasteiger partial charge in [-0.1, -0.05) is 6.08 Å². The summed E-state index contributed by atoms with van der Waals surface area (Å²) in [6, 6.07) is 3.77. The van der Waals surface area contributed by atoms with Gasteiger partial charge in [0.05, 0.1) is 32.5 Å². The number of hydrogen-bond acceptors (Lipinski definition) is 8. The predicted octanol–water partition coefficient (Wildman–Crippen LogP) is 2.41. The van der Waals surface area contributed by atoms with Gasteiger partial charge in [-0.25, -0.2) is 9.59 Å². The topological polar surface area (TPSA) is 112 Å². The van der Waals surface area contributed by atoms with E-state index in [-0.39, 0.29) is 28.4 Å². The summed E-state index contributed by atoms with van der Waals surface area (Å²) in [5.74, 6) is -2.10. The Morgan fingerprint density at radius 2 is 1.78 bits per heavy atom. The second-order valence-corrected chi connectivity index (χ2v) is 5.27. The lowest BCUT2D eigenvalue weighted by molar-refractivity contribution is 0.0596. The first-order valence-electron chi connectivity index (χ1n) is 7.76. The third-order valence-corrected chi connectivity index (χ3v) is 3.67. The first kappa shape index (κ1) is 19.8. The highest BCUT2D eigenvalue weighted by Gasteiger charge is 2.29. The minimum atomic E-state index is -1.05. The highest BCUT2D eigenvalue weighted by molar-refractivity contribution is 6.17. The maximum atomic E-state index is 13.0. The van der Waals surface area contributed by atoms with Gasteiger partial charge in [0.25, 0.3) is 0 Å². The fraction of sp³-hybridized carbons (Fsp3) is 0.211. The second-order valence-electron chi connectivity index (χ2n) is 5.27. The number of hydrogen-bond donors (Lipinski definition) is 1. The average molecular weight is 374 g/mol. The van der Waals surface area contributed by atoms with E-state index in [4.69, 9.17) is 18.6 Å². The minimum Gasteiger partial charge on any atom is -0.507 e. The molecular formula is C19H18O8. The van der Waals surface area contributed by atoms with Gasteiger partial charge in [-0.2, -0.15) is 0 Å². The number of ether oxygens (including phenoxy) is 3. The molecule has 0 saturated carbocycles. The average Bonchev–Trinajstić information content (AvgIpc) is 2.65. The molecule has 8 heteroatoms. The number of rotatable bonds is 6. The summed E-state index contributed by atoms with van der Waals surface area (Å²) in [5, 5.41) is 10.2. The van der Waals surface area contributed by atoms with Gasteiger partial charge in [-0.3, -0.25) is 4.79 Å². The van der Waals surface area contributed by atoms with Crippen LogP contribution in [-0.2, 0) is 4.74 Å². The molecule has 0 radical (unpaired) electrons. The van der Waals surface area contributed by atoms with Crippen LogP contribution in [0.2, 0.25) is 0 Å². The molecule has 0 saturated heterocycles. The summed E-state index contributed by atoms with van der Waals surface area (Å²) < 4.78 is 20.0. The molecule has 1 aromatic carbocycles. The van der Waals surface area contributed by atoms with Crippen LogP contribution in [0.5, 0.6) is 17.2 Å². The fourth-order valence-electron chi connectivity index (χ4n) is 2.45. The molecule has 0 aliphatic rings. The molecule has 0 unspecified atom stereocenters. The van der Waals surface area contributed by atoms with Crippen molar-refractivity contribution < 1.29 is 33.3 Å². The Bertz CT molecular complexity index is 968. The molecule has 2 rings (SSSR count). The van der Waals surface area contributed by atoms with E-state index < -0.39 is 28.7 Å². The maximum absolute atomic E-state index is 13.0. The molecule has 0 aliphatic heterocycles. The fourth-order valence-corrected chi connectivity index (χ4v) is 2.45. The molecule has 0 atom stereocenters. The predicted molar refractivity (Wildman–Crippen MR) is 95.7 cm³/mol. The van der Waals surface area contributed by atoms with E-state index in [0.29, 0.717) is 0 Å². The Labute approximate surface area is 154 Å². The number of aromatic hydroxyl groups is 1. The van der Waals surface area contributed by atoms with Crippen molar-refractivity contribution in [3.05, 3.63) is 57.1 Å². The number of carbonyl (C=O) groups is 2. The first-order chi connectivity index (χ1) is 12.9. The Morgan fingerprint density at radius 3 is 2.30 bits per heavy atom. The third-order valence-electron chi connectivity index (χ3n) is 3.67. The molecule has 1 aromatic heterocycles. The van der Waals surface area contributed by atoms with E-state index in [1.165, 1.54) is 32.4 Å². The van der Waals surface area contributed by atoms with Crippen LogP contribution in [0, 0.1) is 0 Å². The lowest BCUT2D eigenvalue weighted by atomic mass is 9.97. The number of allylic oxidation sites excluding steroid dienone is 1. The van der Waals surface area contributed by atoms with Crippen molar-refractivity contribution in [1.29, 1.82) is 0 Å². The van der Waals surface area contributed by atoms with Crippen LogP contribution in [-0.4, -0.2) is 38.2 Å². The minimum absolute atomic E-state index is 0.0314. The maximum Gasteiger partial charge on any atom is 0.351 e. The molecule has 2 aromatic rings. The van der Waals surface area contributed by atoms with Crippen molar-refractivity contribution in [2.75, 3.05) is 21.3 Å². The van der Waals surface area contributed by atoms with Gasteiger partial charge in [0, 0.05) is 12.1 Å². The monoisotopic (exact) mass is 374 g/mol. The molecule has 0 amide bonds. The lowest BCUT2D eigenvalue weighted by Crippen LogP contribution is -2.19.